The minimum atomic E-state index is -0.0701. The number of carbonyl (C=O) groups excluding carboxylic acids is 1. The molecule has 2 aromatic rings. The molecule has 92 valence electrons. The summed E-state index contributed by atoms with van der Waals surface area (Å²) in [6.45, 7) is 0. The molecule has 0 spiro atoms. The van der Waals surface area contributed by atoms with Crippen molar-refractivity contribution in [3.05, 3.63) is 42.1 Å². The third kappa shape index (κ3) is 1.86. The number of nitrogens with one attached hydrogen (secondary N) is 2. The fourth-order valence-electron chi connectivity index (χ4n) is 2.30. The van der Waals surface area contributed by atoms with Crippen LogP contribution in [0.1, 0.15) is 23.3 Å². The van der Waals surface area contributed by atoms with E-state index in [0.29, 0.717) is 11.4 Å². The normalized spacial score (nSPS) is 15.3. The van der Waals surface area contributed by atoms with Crippen molar-refractivity contribution in [1.29, 1.82) is 0 Å². The molecule has 0 atom stereocenters. The molecule has 1 aromatic heterocycles. The van der Waals surface area contributed by atoms with Crippen LogP contribution in [-0.4, -0.2) is 16.9 Å². The monoisotopic (exact) mass is 241 g/mol. The first-order chi connectivity index (χ1) is 8.74. The lowest BCUT2D eigenvalue weighted by Gasteiger charge is -2.10. The summed E-state index contributed by atoms with van der Waals surface area (Å²) >= 11 is 0. The van der Waals surface area contributed by atoms with Crippen molar-refractivity contribution in [3.8, 4) is 0 Å². The number of hydrogen-bond acceptors (Lipinski definition) is 2. The summed E-state index contributed by atoms with van der Waals surface area (Å²) in [5, 5.41) is 3.96. The first kappa shape index (κ1) is 10.9. The summed E-state index contributed by atoms with van der Waals surface area (Å²) in [6.07, 6.45) is 6.00. The molecule has 1 heterocycles. The Hall–Kier alpha value is -2.23. The second-order valence-corrected chi connectivity index (χ2v) is 4.61. The van der Waals surface area contributed by atoms with Gasteiger partial charge in [0.15, 0.2) is 0 Å². The predicted octanol–water partition coefficient (Wildman–Crippen LogP) is 2.20. The highest BCUT2D eigenvalue weighted by Gasteiger charge is 2.16. The van der Waals surface area contributed by atoms with Gasteiger partial charge in [0.2, 0.25) is 0 Å². The molecule has 4 nitrogen and oxygen atoms in total. The second kappa shape index (κ2) is 4.22. The summed E-state index contributed by atoms with van der Waals surface area (Å²) in [5.41, 5.74) is 7.91. The number of nitrogen functional groups attached to an aromatic ring is 1. The minimum absolute atomic E-state index is 0.0701. The molecule has 1 aliphatic rings. The molecule has 0 saturated heterocycles. The maximum atomic E-state index is 12.1. The Morgan fingerprint density at radius 2 is 2.11 bits per heavy atom. The van der Waals surface area contributed by atoms with Gasteiger partial charge in [-0.1, -0.05) is 24.3 Å². The molecule has 4 N–H and O–H groups in total. The van der Waals surface area contributed by atoms with Gasteiger partial charge in [0.1, 0.15) is 5.69 Å². The molecule has 0 radical (unpaired) electrons. The van der Waals surface area contributed by atoms with E-state index < -0.39 is 0 Å². The Kier molecular flexibility index (Phi) is 2.55. The zero-order chi connectivity index (χ0) is 12.5. The third-order valence-electron chi connectivity index (χ3n) is 3.28. The van der Waals surface area contributed by atoms with Gasteiger partial charge in [-0.05, 0) is 25.0 Å². The molecule has 3 rings (SSSR count). The molecular formula is C14H15N3O. The molecule has 0 saturated carbocycles. The van der Waals surface area contributed by atoms with E-state index in [2.05, 4.69) is 22.5 Å². The number of benzene rings is 1. The fourth-order valence-corrected chi connectivity index (χ4v) is 2.30. The Labute approximate surface area is 105 Å². The van der Waals surface area contributed by atoms with Crippen LogP contribution in [0.15, 0.2) is 36.4 Å². The number of anilines is 1. The summed E-state index contributed by atoms with van der Waals surface area (Å²) in [7, 11) is 0. The Morgan fingerprint density at radius 3 is 2.83 bits per heavy atom. The molecule has 1 aromatic carbocycles. The van der Waals surface area contributed by atoms with Gasteiger partial charge < -0.3 is 16.0 Å². The van der Waals surface area contributed by atoms with Crippen LogP contribution in [0, 0.1) is 0 Å². The quantitative estimate of drug-likeness (QED) is 0.557. The van der Waals surface area contributed by atoms with Gasteiger partial charge in [-0.15, -0.1) is 0 Å². The largest absolute Gasteiger partial charge is 0.397 e. The van der Waals surface area contributed by atoms with Crippen LogP contribution in [-0.2, 0) is 0 Å². The highest BCUT2D eigenvalue weighted by atomic mass is 16.1. The summed E-state index contributed by atoms with van der Waals surface area (Å²) in [4.78, 5) is 15.2. The number of carbonyl (C=O) groups is 1. The lowest BCUT2D eigenvalue weighted by molar-refractivity contribution is 0.0935. The highest BCUT2D eigenvalue weighted by molar-refractivity contribution is 6.00. The van der Waals surface area contributed by atoms with Crippen LogP contribution in [0.4, 0.5) is 5.69 Å². The van der Waals surface area contributed by atoms with Crippen molar-refractivity contribution >= 4 is 22.5 Å². The van der Waals surface area contributed by atoms with Crippen LogP contribution in [0.5, 0.6) is 0 Å². The van der Waals surface area contributed by atoms with Crippen LogP contribution in [0.3, 0.4) is 0 Å². The Bertz CT molecular complexity index is 619. The number of rotatable bonds is 2. The number of fused-ring (bicyclic) bond motifs is 1. The first-order valence-electron chi connectivity index (χ1n) is 6.07. The van der Waals surface area contributed by atoms with Gasteiger partial charge in [-0.2, -0.15) is 0 Å². The van der Waals surface area contributed by atoms with Gasteiger partial charge in [0.25, 0.3) is 5.91 Å². The van der Waals surface area contributed by atoms with E-state index >= 15 is 0 Å². The average molecular weight is 241 g/mol. The molecule has 0 aliphatic heterocycles. The van der Waals surface area contributed by atoms with E-state index in [4.69, 9.17) is 5.73 Å². The van der Waals surface area contributed by atoms with E-state index in [1.807, 2.05) is 24.3 Å². The maximum Gasteiger partial charge on any atom is 0.267 e. The van der Waals surface area contributed by atoms with Crippen LogP contribution in [0.25, 0.3) is 10.9 Å². The number of hydrogen-bond donors (Lipinski definition) is 3. The number of aromatic nitrogens is 1. The van der Waals surface area contributed by atoms with Crippen LogP contribution < -0.4 is 11.1 Å². The van der Waals surface area contributed by atoms with Crippen molar-refractivity contribution in [3.63, 3.8) is 0 Å². The van der Waals surface area contributed by atoms with Gasteiger partial charge in [0.05, 0.1) is 11.2 Å². The summed E-state index contributed by atoms with van der Waals surface area (Å²) in [5.74, 6) is -0.0701. The Morgan fingerprint density at radius 1 is 1.33 bits per heavy atom. The average Bonchev–Trinajstić information content (AvgIpc) is 2.97. The zero-order valence-corrected chi connectivity index (χ0v) is 9.94. The number of para-hydroxylation sites is 1. The van der Waals surface area contributed by atoms with E-state index in [0.717, 1.165) is 23.7 Å². The molecule has 4 heteroatoms. The van der Waals surface area contributed by atoms with E-state index in [9.17, 15) is 4.79 Å². The van der Waals surface area contributed by atoms with Crippen molar-refractivity contribution in [2.75, 3.05) is 5.73 Å². The molecule has 0 unspecified atom stereocenters. The third-order valence-corrected chi connectivity index (χ3v) is 3.28. The standard InChI is InChI=1S/C14H15N3O/c15-11-7-3-4-9-8-12(17-13(9)11)14(18)16-10-5-1-2-6-10/h1-4,7-8,10,17H,5-6,15H2,(H,16,18). The van der Waals surface area contributed by atoms with Crippen molar-refractivity contribution in [1.82, 2.24) is 10.3 Å². The van der Waals surface area contributed by atoms with Crippen molar-refractivity contribution < 1.29 is 4.79 Å². The van der Waals surface area contributed by atoms with Gasteiger partial charge in [0, 0.05) is 11.4 Å². The molecular weight excluding hydrogens is 226 g/mol. The topological polar surface area (TPSA) is 70.9 Å². The van der Waals surface area contributed by atoms with Crippen LogP contribution >= 0.6 is 0 Å². The Balaban J connectivity index is 1.85. The van der Waals surface area contributed by atoms with Crippen molar-refractivity contribution in [2.24, 2.45) is 0 Å². The van der Waals surface area contributed by atoms with Crippen LogP contribution in [0.2, 0.25) is 0 Å². The summed E-state index contributed by atoms with van der Waals surface area (Å²) < 4.78 is 0. The second-order valence-electron chi connectivity index (χ2n) is 4.61. The lowest BCUT2D eigenvalue weighted by atomic mass is 10.2. The molecule has 1 amide bonds. The highest BCUT2D eigenvalue weighted by Crippen LogP contribution is 2.21. The van der Waals surface area contributed by atoms with Gasteiger partial charge in [-0.3, -0.25) is 4.79 Å². The van der Waals surface area contributed by atoms with E-state index in [1.165, 1.54) is 0 Å². The summed E-state index contributed by atoms with van der Waals surface area (Å²) in [6, 6.07) is 7.70. The number of aromatic amines is 1. The SMILES string of the molecule is Nc1cccc2cc(C(=O)NC3CC=CC3)[nH]c12. The zero-order valence-electron chi connectivity index (χ0n) is 9.94. The molecule has 0 fully saturated rings. The predicted molar refractivity (Wildman–Crippen MR) is 72.3 cm³/mol. The number of nitrogens with two attached hydrogens (primary N) is 1. The molecule has 0 bridgehead atoms. The smallest absolute Gasteiger partial charge is 0.267 e. The van der Waals surface area contributed by atoms with Gasteiger partial charge >= 0.3 is 0 Å². The molecule has 1 aliphatic carbocycles. The number of H-pyrrole nitrogens is 1. The first-order valence-corrected chi connectivity index (χ1v) is 6.07. The maximum absolute atomic E-state index is 12.1. The molecule has 18 heavy (non-hydrogen) atoms. The van der Waals surface area contributed by atoms with Gasteiger partial charge in [-0.25, -0.2) is 0 Å². The van der Waals surface area contributed by atoms with E-state index in [-0.39, 0.29) is 11.9 Å². The number of amides is 1. The van der Waals surface area contributed by atoms with E-state index in [1.54, 1.807) is 0 Å². The van der Waals surface area contributed by atoms with Crippen molar-refractivity contribution in [2.45, 2.75) is 18.9 Å². The lowest BCUT2D eigenvalue weighted by Crippen LogP contribution is -2.32. The fraction of sp³-hybridized carbons (Fsp3) is 0.214. The minimum Gasteiger partial charge on any atom is -0.397 e.